The zero-order chi connectivity index (χ0) is 21.5. The maximum absolute atomic E-state index is 13.7. The molecule has 2 aliphatic rings. The second kappa shape index (κ2) is 7.80. The number of pyridine rings is 1. The topological polar surface area (TPSA) is 89.2 Å². The zero-order valence-electron chi connectivity index (χ0n) is 16.9. The lowest BCUT2D eigenvalue weighted by molar-refractivity contribution is 0.190. The maximum Gasteiger partial charge on any atom is 0.259 e. The van der Waals surface area contributed by atoms with Crippen LogP contribution in [0.3, 0.4) is 0 Å². The van der Waals surface area contributed by atoms with Crippen LogP contribution in [-0.2, 0) is 15.4 Å². The Morgan fingerprint density at radius 1 is 1.23 bits per heavy atom. The minimum Gasteiger partial charge on any atom is -0.334 e. The maximum atomic E-state index is 13.7. The van der Waals surface area contributed by atoms with Gasteiger partial charge in [0.15, 0.2) is 5.82 Å². The van der Waals surface area contributed by atoms with Crippen molar-refractivity contribution in [1.82, 2.24) is 19.4 Å². The molecule has 0 spiro atoms. The van der Waals surface area contributed by atoms with E-state index in [4.69, 9.17) is 4.52 Å². The molecule has 31 heavy (non-hydrogen) atoms. The first kappa shape index (κ1) is 20.3. The molecule has 1 aliphatic heterocycles. The van der Waals surface area contributed by atoms with Gasteiger partial charge in [0.05, 0.1) is 10.5 Å². The molecule has 162 valence electrons. The van der Waals surface area contributed by atoms with Gasteiger partial charge >= 0.3 is 0 Å². The van der Waals surface area contributed by atoms with Crippen molar-refractivity contribution >= 4 is 10.0 Å². The van der Waals surface area contributed by atoms with Crippen molar-refractivity contribution in [2.45, 2.75) is 42.4 Å². The van der Waals surface area contributed by atoms with Gasteiger partial charge in [0, 0.05) is 30.9 Å². The van der Waals surface area contributed by atoms with Crippen molar-refractivity contribution in [3.8, 4) is 11.5 Å². The van der Waals surface area contributed by atoms with Crippen LogP contribution >= 0.6 is 0 Å². The van der Waals surface area contributed by atoms with Gasteiger partial charge in [0.25, 0.3) is 5.89 Å². The summed E-state index contributed by atoms with van der Waals surface area (Å²) in [7, 11) is -3.83. The van der Waals surface area contributed by atoms with Crippen LogP contribution in [0.4, 0.5) is 4.39 Å². The van der Waals surface area contributed by atoms with Crippen molar-refractivity contribution in [3.63, 3.8) is 0 Å². The molecule has 2 aromatic heterocycles. The van der Waals surface area contributed by atoms with Gasteiger partial charge in [0.1, 0.15) is 5.82 Å². The molecule has 3 heterocycles. The van der Waals surface area contributed by atoms with Gasteiger partial charge in [-0.05, 0) is 55.5 Å². The Hall–Kier alpha value is -2.65. The largest absolute Gasteiger partial charge is 0.334 e. The summed E-state index contributed by atoms with van der Waals surface area (Å²) in [6, 6.07) is 8.81. The number of sulfonamides is 1. The van der Waals surface area contributed by atoms with E-state index < -0.39 is 21.3 Å². The van der Waals surface area contributed by atoms with Crippen LogP contribution in [0, 0.1) is 11.7 Å². The van der Waals surface area contributed by atoms with E-state index >= 15 is 0 Å². The number of piperidine rings is 1. The summed E-state index contributed by atoms with van der Waals surface area (Å²) in [6.07, 6.45) is 7.87. The summed E-state index contributed by atoms with van der Waals surface area (Å²) < 4.78 is 47.2. The fourth-order valence-corrected chi connectivity index (χ4v) is 6.03. The lowest BCUT2D eigenvalue weighted by Gasteiger charge is -2.40. The molecule has 1 saturated heterocycles. The van der Waals surface area contributed by atoms with Crippen molar-refractivity contribution in [2.75, 3.05) is 13.1 Å². The van der Waals surface area contributed by atoms with E-state index in [0.717, 1.165) is 37.3 Å². The number of benzene rings is 1. The molecule has 0 amide bonds. The van der Waals surface area contributed by atoms with Gasteiger partial charge in [-0.3, -0.25) is 4.98 Å². The molecule has 1 atom stereocenters. The highest BCUT2D eigenvalue weighted by Gasteiger charge is 2.47. The average molecular weight is 443 g/mol. The first-order valence-electron chi connectivity index (χ1n) is 10.5. The van der Waals surface area contributed by atoms with Crippen LogP contribution in [0.1, 0.15) is 37.9 Å². The summed E-state index contributed by atoms with van der Waals surface area (Å²) in [4.78, 5) is 8.73. The molecule has 0 bridgehead atoms. The molecule has 5 rings (SSSR count). The number of hydrogen-bond donors (Lipinski definition) is 0. The van der Waals surface area contributed by atoms with Crippen molar-refractivity contribution in [2.24, 2.45) is 5.92 Å². The fourth-order valence-electron chi connectivity index (χ4n) is 4.43. The van der Waals surface area contributed by atoms with E-state index in [1.165, 1.54) is 22.5 Å². The highest BCUT2D eigenvalue weighted by atomic mass is 32.2. The molecule has 1 saturated carbocycles. The first-order chi connectivity index (χ1) is 15.0. The van der Waals surface area contributed by atoms with Crippen molar-refractivity contribution in [1.29, 1.82) is 0 Å². The Labute approximate surface area is 180 Å². The summed E-state index contributed by atoms with van der Waals surface area (Å²) >= 11 is 0. The molecule has 0 radical (unpaired) electrons. The Morgan fingerprint density at radius 2 is 2.10 bits per heavy atom. The second-order valence-corrected chi connectivity index (χ2v) is 10.4. The van der Waals surface area contributed by atoms with Gasteiger partial charge < -0.3 is 4.52 Å². The second-order valence-electron chi connectivity index (χ2n) is 8.49. The van der Waals surface area contributed by atoms with E-state index in [1.54, 1.807) is 18.5 Å². The molecule has 0 N–H and O–H groups in total. The summed E-state index contributed by atoms with van der Waals surface area (Å²) in [5.41, 5.74) is 0.201. The minimum atomic E-state index is -3.83. The molecule has 3 aromatic rings. The van der Waals surface area contributed by atoms with Crippen molar-refractivity contribution < 1.29 is 17.3 Å². The average Bonchev–Trinajstić information content (AvgIpc) is 3.44. The molecule has 0 unspecified atom stereocenters. The smallest absolute Gasteiger partial charge is 0.259 e. The van der Waals surface area contributed by atoms with Crippen LogP contribution in [0.15, 0.2) is 58.2 Å². The number of halogens is 1. The van der Waals surface area contributed by atoms with E-state index in [1.807, 2.05) is 6.07 Å². The summed E-state index contributed by atoms with van der Waals surface area (Å²) in [5, 5.41) is 4.28. The van der Waals surface area contributed by atoms with Crippen LogP contribution < -0.4 is 0 Å². The van der Waals surface area contributed by atoms with Gasteiger partial charge in [0.2, 0.25) is 10.0 Å². The molecule has 1 aromatic carbocycles. The fraction of sp³-hybridized carbons (Fsp3) is 0.409. The number of hydrogen-bond acceptors (Lipinski definition) is 6. The summed E-state index contributed by atoms with van der Waals surface area (Å²) in [6.45, 7) is 0.646. The third-order valence-corrected chi connectivity index (χ3v) is 8.00. The SMILES string of the molecule is O=S(=O)(c1cccc(F)c1)N1CCC[C@](CC2CC2)(c2noc(-c3cccnc3)n2)C1. The molecule has 2 fully saturated rings. The van der Waals surface area contributed by atoms with Crippen LogP contribution in [-0.4, -0.2) is 40.9 Å². The van der Waals surface area contributed by atoms with E-state index in [2.05, 4.69) is 15.1 Å². The Balaban J connectivity index is 1.49. The number of rotatable bonds is 6. The van der Waals surface area contributed by atoms with Gasteiger partial charge in [-0.15, -0.1) is 0 Å². The zero-order valence-corrected chi connectivity index (χ0v) is 17.8. The van der Waals surface area contributed by atoms with Crippen LogP contribution in [0.2, 0.25) is 0 Å². The Morgan fingerprint density at radius 3 is 2.84 bits per heavy atom. The highest BCUT2D eigenvalue weighted by Crippen LogP contribution is 2.46. The highest BCUT2D eigenvalue weighted by molar-refractivity contribution is 7.89. The number of aromatic nitrogens is 3. The monoisotopic (exact) mass is 442 g/mol. The molecular weight excluding hydrogens is 419 g/mol. The molecule has 1 aliphatic carbocycles. The van der Waals surface area contributed by atoms with E-state index in [0.29, 0.717) is 30.6 Å². The minimum absolute atomic E-state index is 0.0288. The van der Waals surface area contributed by atoms with Crippen LogP contribution in [0.5, 0.6) is 0 Å². The molecular formula is C22H23FN4O3S. The predicted octanol–water partition coefficient (Wildman–Crippen LogP) is 3.79. The third kappa shape index (κ3) is 3.99. The normalized spacial score (nSPS) is 22.5. The van der Waals surface area contributed by atoms with Crippen LogP contribution in [0.25, 0.3) is 11.5 Å². The Kier molecular flexibility index (Phi) is 5.10. The van der Waals surface area contributed by atoms with Gasteiger partial charge in [-0.25, -0.2) is 12.8 Å². The van der Waals surface area contributed by atoms with E-state index in [-0.39, 0.29) is 11.4 Å². The Bertz CT molecular complexity index is 1180. The summed E-state index contributed by atoms with van der Waals surface area (Å²) in [5.74, 6) is 0.888. The van der Waals surface area contributed by atoms with E-state index in [9.17, 15) is 12.8 Å². The predicted molar refractivity (Wildman–Crippen MR) is 111 cm³/mol. The first-order valence-corrected chi connectivity index (χ1v) is 11.9. The van der Waals surface area contributed by atoms with Gasteiger partial charge in [-0.2, -0.15) is 9.29 Å². The standard InChI is InChI=1S/C22H23FN4O3S/c23-18-5-1-6-19(12-18)31(28,29)27-11-3-9-22(15-27,13-16-7-8-16)21-25-20(30-26-21)17-4-2-10-24-14-17/h1-2,4-6,10,12,14,16H,3,7-9,11,13,15H2/t22-/m1/s1. The number of nitrogens with zero attached hydrogens (tertiary/aromatic N) is 4. The quantitative estimate of drug-likeness (QED) is 0.577. The lowest BCUT2D eigenvalue weighted by Crippen LogP contribution is -2.49. The van der Waals surface area contributed by atoms with Crippen molar-refractivity contribution in [3.05, 3.63) is 60.4 Å². The molecule has 7 nitrogen and oxygen atoms in total. The van der Waals surface area contributed by atoms with Gasteiger partial charge in [-0.1, -0.05) is 24.1 Å². The molecule has 9 heteroatoms. The lowest BCUT2D eigenvalue weighted by atomic mass is 9.75. The third-order valence-electron chi connectivity index (χ3n) is 6.16.